The van der Waals surface area contributed by atoms with Crippen LogP contribution in [0.15, 0.2) is 18.5 Å². The molecule has 0 aliphatic rings. The maximum Gasteiger partial charge on any atom is 0.101 e. The number of nitriles is 1. The first-order valence-electron chi connectivity index (χ1n) is 5.39. The molecule has 86 valence electrons. The summed E-state index contributed by atoms with van der Waals surface area (Å²) in [5, 5.41) is 21.9. The van der Waals surface area contributed by atoms with E-state index in [0.717, 1.165) is 12.8 Å². The maximum atomic E-state index is 9.97. The quantitative estimate of drug-likeness (QED) is 0.793. The molecule has 1 atom stereocenters. The van der Waals surface area contributed by atoms with Gasteiger partial charge in [0.05, 0.1) is 23.0 Å². The summed E-state index contributed by atoms with van der Waals surface area (Å²) < 4.78 is 0. The first-order valence-corrected chi connectivity index (χ1v) is 5.39. The van der Waals surface area contributed by atoms with Gasteiger partial charge in [-0.2, -0.15) is 5.26 Å². The fourth-order valence-corrected chi connectivity index (χ4v) is 1.55. The topological polar surface area (TPSA) is 68.9 Å². The molecule has 1 unspecified atom stereocenters. The lowest BCUT2D eigenvalue weighted by Gasteiger charge is -2.23. The van der Waals surface area contributed by atoms with Crippen molar-refractivity contribution in [2.45, 2.75) is 32.3 Å². The molecule has 1 aromatic heterocycles. The molecule has 0 radical (unpaired) electrons. The number of hydrogen-bond donors (Lipinski definition) is 2. The van der Waals surface area contributed by atoms with E-state index in [9.17, 15) is 5.11 Å². The lowest BCUT2D eigenvalue weighted by molar-refractivity contribution is 0.0637. The van der Waals surface area contributed by atoms with Crippen LogP contribution in [-0.2, 0) is 0 Å². The molecule has 0 saturated heterocycles. The Balaban J connectivity index is 2.65. The number of anilines is 1. The monoisotopic (exact) mass is 219 g/mol. The zero-order valence-corrected chi connectivity index (χ0v) is 9.70. The van der Waals surface area contributed by atoms with E-state index in [-0.39, 0.29) is 0 Å². The Morgan fingerprint density at radius 2 is 2.38 bits per heavy atom. The SMILES string of the molecule is CCCC(C)(O)CNc1cnccc1C#N. The highest BCUT2D eigenvalue weighted by Gasteiger charge is 2.18. The number of nitrogens with one attached hydrogen (secondary N) is 1. The molecule has 0 bridgehead atoms. The molecule has 0 amide bonds. The van der Waals surface area contributed by atoms with Crippen LogP contribution in [0.2, 0.25) is 0 Å². The third-order valence-electron chi connectivity index (χ3n) is 2.39. The van der Waals surface area contributed by atoms with Gasteiger partial charge in [-0.3, -0.25) is 4.98 Å². The van der Waals surface area contributed by atoms with Gasteiger partial charge in [0.1, 0.15) is 6.07 Å². The number of hydrogen-bond acceptors (Lipinski definition) is 4. The molecule has 4 nitrogen and oxygen atoms in total. The summed E-state index contributed by atoms with van der Waals surface area (Å²) in [5.74, 6) is 0. The molecular weight excluding hydrogens is 202 g/mol. The normalized spacial score (nSPS) is 13.9. The fourth-order valence-electron chi connectivity index (χ4n) is 1.55. The van der Waals surface area contributed by atoms with Crippen LogP contribution >= 0.6 is 0 Å². The molecule has 4 heteroatoms. The van der Waals surface area contributed by atoms with Crippen LogP contribution in [0.5, 0.6) is 0 Å². The van der Waals surface area contributed by atoms with Gasteiger partial charge in [0.25, 0.3) is 0 Å². The first kappa shape index (κ1) is 12.5. The Morgan fingerprint density at radius 1 is 1.62 bits per heavy atom. The van der Waals surface area contributed by atoms with E-state index in [1.807, 2.05) is 6.92 Å². The maximum absolute atomic E-state index is 9.97. The van der Waals surface area contributed by atoms with Crippen LogP contribution in [0.25, 0.3) is 0 Å². The Bertz CT molecular complexity index is 382. The van der Waals surface area contributed by atoms with Gasteiger partial charge in [-0.25, -0.2) is 0 Å². The molecule has 16 heavy (non-hydrogen) atoms. The lowest BCUT2D eigenvalue weighted by Crippen LogP contribution is -2.33. The standard InChI is InChI=1S/C12H17N3O/c1-3-5-12(2,16)9-15-11-8-14-6-4-10(11)7-13/h4,6,8,15-16H,3,5,9H2,1-2H3. The van der Waals surface area contributed by atoms with Gasteiger partial charge >= 0.3 is 0 Å². The van der Waals surface area contributed by atoms with Gasteiger partial charge in [0.2, 0.25) is 0 Å². The lowest BCUT2D eigenvalue weighted by atomic mass is 10.0. The van der Waals surface area contributed by atoms with Crippen molar-refractivity contribution in [1.82, 2.24) is 4.98 Å². The Hall–Kier alpha value is -1.60. The van der Waals surface area contributed by atoms with Crippen molar-refractivity contribution in [3.8, 4) is 6.07 Å². The van der Waals surface area contributed by atoms with Crippen molar-refractivity contribution in [2.24, 2.45) is 0 Å². The minimum atomic E-state index is -0.753. The van der Waals surface area contributed by atoms with Crippen molar-refractivity contribution in [3.63, 3.8) is 0 Å². The zero-order valence-electron chi connectivity index (χ0n) is 9.70. The van der Waals surface area contributed by atoms with Crippen LogP contribution < -0.4 is 5.32 Å². The first-order chi connectivity index (χ1) is 7.59. The van der Waals surface area contributed by atoms with E-state index in [2.05, 4.69) is 16.4 Å². The molecule has 0 aliphatic heterocycles. The predicted octanol–water partition coefficient (Wildman–Crippen LogP) is 1.92. The largest absolute Gasteiger partial charge is 0.388 e. The highest BCUT2D eigenvalue weighted by atomic mass is 16.3. The fraction of sp³-hybridized carbons (Fsp3) is 0.500. The molecular formula is C12H17N3O. The van der Waals surface area contributed by atoms with Crippen LogP contribution in [0, 0.1) is 11.3 Å². The Labute approximate surface area is 95.9 Å². The molecule has 0 aromatic carbocycles. The number of nitrogens with zero attached hydrogens (tertiary/aromatic N) is 2. The second-order valence-corrected chi connectivity index (χ2v) is 4.13. The average molecular weight is 219 g/mol. The molecule has 1 heterocycles. The predicted molar refractivity (Wildman–Crippen MR) is 63.0 cm³/mol. The molecule has 0 saturated carbocycles. The number of pyridine rings is 1. The van der Waals surface area contributed by atoms with Gasteiger partial charge in [0.15, 0.2) is 0 Å². The van der Waals surface area contributed by atoms with Crippen LogP contribution in [0.4, 0.5) is 5.69 Å². The Morgan fingerprint density at radius 3 is 3.00 bits per heavy atom. The van der Waals surface area contributed by atoms with Crippen LogP contribution in [0.1, 0.15) is 32.3 Å². The highest BCUT2D eigenvalue weighted by Crippen LogP contribution is 2.16. The summed E-state index contributed by atoms with van der Waals surface area (Å²) in [7, 11) is 0. The number of aromatic nitrogens is 1. The minimum Gasteiger partial charge on any atom is -0.388 e. The number of rotatable bonds is 5. The number of aliphatic hydroxyl groups is 1. The highest BCUT2D eigenvalue weighted by molar-refractivity contribution is 5.55. The summed E-state index contributed by atoms with van der Waals surface area (Å²) in [6.45, 7) is 4.23. The zero-order chi connectivity index (χ0) is 12.0. The third-order valence-corrected chi connectivity index (χ3v) is 2.39. The van der Waals surface area contributed by atoms with Gasteiger partial charge in [-0.1, -0.05) is 13.3 Å². The van der Waals surface area contributed by atoms with E-state index in [0.29, 0.717) is 17.8 Å². The van der Waals surface area contributed by atoms with Crippen molar-refractivity contribution in [3.05, 3.63) is 24.0 Å². The van der Waals surface area contributed by atoms with Crippen molar-refractivity contribution in [2.75, 3.05) is 11.9 Å². The van der Waals surface area contributed by atoms with Crippen molar-refractivity contribution < 1.29 is 5.11 Å². The van der Waals surface area contributed by atoms with Gasteiger partial charge in [-0.15, -0.1) is 0 Å². The molecule has 0 spiro atoms. The Kier molecular flexibility index (Phi) is 4.27. The summed E-state index contributed by atoms with van der Waals surface area (Å²) >= 11 is 0. The summed E-state index contributed by atoms with van der Waals surface area (Å²) in [6.07, 6.45) is 4.82. The minimum absolute atomic E-state index is 0.418. The summed E-state index contributed by atoms with van der Waals surface area (Å²) in [5.41, 5.74) is 0.459. The van der Waals surface area contributed by atoms with Crippen LogP contribution in [-0.4, -0.2) is 22.2 Å². The van der Waals surface area contributed by atoms with E-state index in [1.165, 1.54) is 0 Å². The van der Waals surface area contributed by atoms with Gasteiger partial charge in [-0.05, 0) is 19.4 Å². The molecule has 0 aliphatic carbocycles. The van der Waals surface area contributed by atoms with E-state index >= 15 is 0 Å². The second kappa shape index (κ2) is 5.47. The molecule has 1 rings (SSSR count). The summed E-state index contributed by atoms with van der Waals surface area (Å²) in [4.78, 5) is 3.94. The summed E-state index contributed by atoms with van der Waals surface area (Å²) in [6, 6.07) is 3.73. The second-order valence-electron chi connectivity index (χ2n) is 4.13. The van der Waals surface area contributed by atoms with Gasteiger partial charge in [0, 0.05) is 12.7 Å². The van der Waals surface area contributed by atoms with E-state index in [1.54, 1.807) is 25.4 Å². The van der Waals surface area contributed by atoms with E-state index < -0.39 is 5.60 Å². The van der Waals surface area contributed by atoms with E-state index in [4.69, 9.17) is 5.26 Å². The van der Waals surface area contributed by atoms with Crippen LogP contribution in [0.3, 0.4) is 0 Å². The molecule has 1 aromatic rings. The van der Waals surface area contributed by atoms with Crippen molar-refractivity contribution in [1.29, 1.82) is 5.26 Å². The average Bonchev–Trinajstić information content (AvgIpc) is 2.27. The van der Waals surface area contributed by atoms with Gasteiger partial charge < -0.3 is 10.4 Å². The van der Waals surface area contributed by atoms with Crippen molar-refractivity contribution >= 4 is 5.69 Å². The smallest absolute Gasteiger partial charge is 0.101 e. The molecule has 2 N–H and O–H groups in total. The third kappa shape index (κ3) is 3.52. The molecule has 0 fully saturated rings.